The fraction of sp³-hybridized carbons (Fsp3) is 0.364. The molecule has 0 saturated carbocycles. The van der Waals surface area contributed by atoms with Crippen LogP contribution < -0.4 is 15.0 Å². The number of nitrogens with zero attached hydrogens (tertiary/aromatic N) is 1. The van der Waals surface area contributed by atoms with Crippen molar-refractivity contribution in [2.75, 3.05) is 23.1 Å². The molecule has 0 bridgehead atoms. The van der Waals surface area contributed by atoms with Crippen molar-refractivity contribution in [1.82, 2.24) is 0 Å². The Balaban J connectivity index is 1.71. The van der Waals surface area contributed by atoms with Crippen LogP contribution in [0.25, 0.3) is 0 Å². The van der Waals surface area contributed by atoms with E-state index >= 15 is 0 Å². The molecular formula is C22H26N2O3S. The number of benzene rings is 2. The first-order chi connectivity index (χ1) is 13.6. The highest BCUT2D eigenvalue weighted by molar-refractivity contribution is 8.00. The average Bonchev–Trinajstić information content (AvgIpc) is 3.10. The zero-order valence-electron chi connectivity index (χ0n) is 16.3. The first-order valence-electron chi connectivity index (χ1n) is 9.60. The van der Waals surface area contributed by atoms with Crippen molar-refractivity contribution in [3.63, 3.8) is 0 Å². The lowest BCUT2D eigenvalue weighted by Crippen LogP contribution is -2.27. The molecule has 1 atom stereocenters. The highest BCUT2D eigenvalue weighted by atomic mass is 32.2. The third-order valence-electron chi connectivity index (χ3n) is 4.69. The van der Waals surface area contributed by atoms with E-state index in [1.165, 1.54) is 0 Å². The van der Waals surface area contributed by atoms with Gasteiger partial charge in [0.1, 0.15) is 11.1 Å². The van der Waals surface area contributed by atoms with E-state index in [1.54, 1.807) is 18.9 Å². The maximum Gasteiger partial charge on any atom is 0.238 e. The van der Waals surface area contributed by atoms with Crippen LogP contribution in [0.5, 0.6) is 5.75 Å². The molecule has 0 aliphatic carbocycles. The highest BCUT2D eigenvalue weighted by Crippen LogP contribution is 2.42. The third-order valence-corrected chi connectivity index (χ3v) is 5.90. The van der Waals surface area contributed by atoms with Gasteiger partial charge in [-0.25, -0.2) is 0 Å². The van der Waals surface area contributed by atoms with E-state index in [2.05, 4.69) is 12.2 Å². The van der Waals surface area contributed by atoms with Gasteiger partial charge in [0, 0.05) is 23.9 Å². The molecule has 0 aromatic heterocycles. The Hall–Kier alpha value is -2.47. The van der Waals surface area contributed by atoms with Crippen molar-refractivity contribution in [2.24, 2.45) is 0 Å². The summed E-state index contributed by atoms with van der Waals surface area (Å²) in [7, 11) is 1.62. The van der Waals surface area contributed by atoms with Gasteiger partial charge in [0.2, 0.25) is 11.8 Å². The first kappa shape index (κ1) is 20.3. The molecule has 1 saturated heterocycles. The molecule has 2 aromatic rings. The zero-order valence-corrected chi connectivity index (χ0v) is 17.1. The number of anilines is 2. The van der Waals surface area contributed by atoms with Crippen LogP contribution in [0.15, 0.2) is 48.5 Å². The van der Waals surface area contributed by atoms with Gasteiger partial charge in [0.15, 0.2) is 0 Å². The van der Waals surface area contributed by atoms with Gasteiger partial charge in [0.05, 0.1) is 12.9 Å². The molecule has 5 nitrogen and oxygen atoms in total. The molecule has 2 aromatic carbocycles. The van der Waals surface area contributed by atoms with Gasteiger partial charge in [-0.3, -0.25) is 14.5 Å². The predicted octanol–water partition coefficient (Wildman–Crippen LogP) is 4.99. The van der Waals surface area contributed by atoms with E-state index in [9.17, 15) is 9.59 Å². The molecule has 1 aliphatic heterocycles. The zero-order chi connectivity index (χ0) is 19.9. The number of rotatable bonds is 8. The molecule has 3 rings (SSSR count). The molecule has 0 radical (unpaired) electrons. The quantitative estimate of drug-likeness (QED) is 0.636. The number of ether oxygens (including phenoxy) is 1. The number of unbranched alkanes of at least 4 members (excludes halogenated alkanes) is 2. The number of thioether (sulfide) groups is 1. The van der Waals surface area contributed by atoms with Crippen LogP contribution in [0.2, 0.25) is 0 Å². The van der Waals surface area contributed by atoms with Gasteiger partial charge in [-0.2, -0.15) is 0 Å². The van der Waals surface area contributed by atoms with Crippen LogP contribution in [0.3, 0.4) is 0 Å². The highest BCUT2D eigenvalue weighted by Gasteiger charge is 2.34. The smallest absolute Gasteiger partial charge is 0.238 e. The lowest BCUT2D eigenvalue weighted by Gasteiger charge is -2.25. The topological polar surface area (TPSA) is 58.6 Å². The van der Waals surface area contributed by atoms with Crippen molar-refractivity contribution in [3.05, 3.63) is 54.1 Å². The second kappa shape index (κ2) is 9.64. The fourth-order valence-electron chi connectivity index (χ4n) is 3.20. The molecule has 6 heteroatoms. The molecule has 1 aliphatic rings. The van der Waals surface area contributed by atoms with Crippen molar-refractivity contribution in [3.8, 4) is 5.75 Å². The van der Waals surface area contributed by atoms with Crippen LogP contribution in [-0.4, -0.2) is 24.7 Å². The summed E-state index contributed by atoms with van der Waals surface area (Å²) in [5.41, 5.74) is 2.64. The third kappa shape index (κ3) is 4.87. The van der Waals surface area contributed by atoms with E-state index in [1.807, 2.05) is 53.4 Å². The van der Waals surface area contributed by atoms with E-state index in [4.69, 9.17) is 4.74 Å². The van der Waals surface area contributed by atoms with Crippen LogP contribution >= 0.6 is 11.8 Å². The van der Waals surface area contributed by atoms with E-state index in [-0.39, 0.29) is 17.2 Å². The van der Waals surface area contributed by atoms with Crippen molar-refractivity contribution in [1.29, 1.82) is 0 Å². The van der Waals surface area contributed by atoms with Gasteiger partial charge in [0.25, 0.3) is 0 Å². The minimum absolute atomic E-state index is 0.0460. The maximum atomic E-state index is 12.5. The molecule has 28 heavy (non-hydrogen) atoms. The van der Waals surface area contributed by atoms with Crippen molar-refractivity contribution >= 4 is 35.0 Å². The molecule has 0 spiro atoms. The van der Waals surface area contributed by atoms with Crippen molar-refractivity contribution in [2.45, 2.75) is 38.0 Å². The number of carbonyl (C=O) groups excluding carboxylic acids is 2. The minimum atomic E-state index is -0.0890. The molecule has 1 N–H and O–H groups in total. The molecule has 1 fully saturated rings. The molecule has 2 amide bonds. The van der Waals surface area contributed by atoms with Gasteiger partial charge in [-0.05, 0) is 36.2 Å². The maximum absolute atomic E-state index is 12.5. The number of methoxy groups -OCH3 is 1. The summed E-state index contributed by atoms with van der Waals surface area (Å²) < 4.78 is 5.29. The Labute approximate surface area is 170 Å². The van der Waals surface area contributed by atoms with Crippen molar-refractivity contribution < 1.29 is 14.3 Å². The summed E-state index contributed by atoms with van der Waals surface area (Å²) in [5.74, 6) is 1.29. The Morgan fingerprint density at radius 1 is 1.21 bits per heavy atom. The Bertz CT molecular complexity index is 823. The first-order valence-corrected chi connectivity index (χ1v) is 10.6. The lowest BCUT2D eigenvalue weighted by molar-refractivity contribution is -0.116. The largest absolute Gasteiger partial charge is 0.497 e. The monoisotopic (exact) mass is 398 g/mol. The Morgan fingerprint density at radius 3 is 2.71 bits per heavy atom. The van der Waals surface area contributed by atoms with Gasteiger partial charge >= 0.3 is 0 Å². The van der Waals surface area contributed by atoms with E-state index in [0.717, 1.165) is 42.0 Å². The molecular weight excluding hydrogens is 372 g/mol. The number of nitrogens with one attached hydrogen (secondary N) is 1. The number of carbonyl (C=O) groups is 2. The van der Waals surface area contributed by atoms with Crippen LogP contribution in [-0.2, 0) is 9.59 Å². The minimum Gasteiger partial charge on any atom is -0.497 e. The molecule has 148 valence electrons. The van der Waals surface area contributed by atoms with E-state index in [0.29, 0.717) is 12.2 Å². The summed E-state index contributed by atoms with van der Waals surface area (Å²) in [6, 6.07) is 15.3. The Morgan fingerprint density at radius 2 is 2.00 bits per heavy atom. The number of hydrogen-bond acceptors (Lipinski definition) is 4. The Kier molecular flexibility index (Phi) is 6.98. The second-order valence-electron chi connectivity index (χ2n) is 6.76. The lowest BCUT2D eigenvalue weighted by atomic mass is 10.1. The summed E-state index contributed by atoms with van der Waals surface area (Å²) in [6.07, 6.45) is 3.63. The van der Waals surface area contributed by atoms with Gasteiger partial charge in [-0.15, -0.1) is 11.8 Å². The van der Waals surface area contributed by atoms with Gasteiger partial charge < -0.3 is 10.1 Å². The van der Waals surface area contributed by atoms with Crippen LogP contribution in [0.1, 0.15) is 43.5 Å². The molecule has 1 heterocycles. The summed E-state index contributed by atoms with van der Waals surface area (Å²) in [6.45, 7) is 2.12. The summed E-state index contributed by atoms with van der Waals surface area (Å²) in [5, 5.41) is 2.85. The SMILES string of the molecule is CCCCCC(=O)Nc1ccc([C@H]2SCC(=O)N2c2cccc(OC)c2)cc1. The predicted molar refractivity (Wildman–Crippen MR) is 115 cm³/mol. The van der Waals surface area contributed by atoms with Gasteiger partial charge in [-0.1, -0.05) is 38.0 Å². The standard InChI is InChI=1S/C22H26N2O3S/c1-3-4-5-9-20(25)23-17-12-10-16(11-13-17)22-24(21(26)15-28-22)18-7-6-8-19(14-18)27-2/h6-8,10-14,22H,3-5,9,15H2,1-2H3,(H,23,25)/t22-/m1/s1. The average molecular weight is 399 g/mol. The van der Waals surface area contributed by atoms with E-state index < -0.39 is 0 Å². The normalized spacial score (nSPS) is 16.3. The summed E-state index contributed by atoms with van der Waals surface area (Å²) in [4.78, 5) is 26.3. The van der Waals surface area contributed by atoms with Crippen LogP contribution in [0.4, 0.5) is 11.4 Å². The fourth-order valence-corrected chi connectivity index (χ4v) is 4.38. The second-order valence-corrected chi connectivity index (χ2v) is 7.82. The van der Waals surface area contributed by atoms with Crippen LogP contribution in [0, 0.1) is 0 Å². The number of hydrogen-bond donors (Lipinski definition) is 1. The number of amides is 2. The molecule has 0 unspecified atom stereocenters. The summed E-state index contributed by atoms with van der Waals surface area (Å²) >= 11 is 1.60.